The Morgan fingerprint density at radius 1 is 1.04 bits per heavy atom. The molecular weight excluding hydrogens is 294 g/mol. The highest BCUT2D eigenvalue weighted by Gasteiger charge is 2.48. The molecule has 6 unspecified atom stereocenters. The molecule has 0 aromatic carbocycles. The van der Waals surface area contributed by atoms with E-state index in [0.717, 1.165) is 44.8 Å². The number of rotatable bonds is 5. The Morgan fingerprint density at radius 3 is 2.65 bits per heavy atom. The first-order valence-corrected chi connectivity index (χ1v) is 9.40. The highest BCUT2D eigenvalue weighted by atomic mass is 16.7. The molecule has 132 valence electrons. The molecule has 3 aliphatic heterocycles. The lowest BCUT2D eigenvalue weighted by atomic mass is 9.82. The van der Waals surface area contributed by atoms with Crippen molar-refractivity contribution < 1.29 is 18.9 Å². The van der Waals surface area contributed by atoms with Gasteiger partial charge in [-0.05, 0) is 64.3 Å². The van der Waals surface area contributed by atoms with E-state index in [1.54, 1.807) is 0 Å². The summed E-state index contributed by atoms with van der Waals surface area (Å²) in [5.74, 6) is 1.46. The van der Waals surface area contributed by atoms with Gasteiger partial charge in [0.2, 0.25) is 0 Å². The van der Waals surface area contributed by atoms with Crippen LogP contribution in [0.15, 0.2) is 0 Å². The molecule has 0 spiro atoms. The minimum atomic E-state index is 0.329. The molecule has 0 N–H and O–H groups in total. The molecule has 23 heavy (non-hydrogen) atoms. The summed E-state index contributed by atoms with van der Waals surface area (Å²) in [6.07, 6.45) is 8.64. The number of hydrogen-bond donors (Lipinski definition) is 0. The monoisotopic (exact) mass is 325 g/mol. The van der Waals surface area contributed by atoms with Crippen LogP contribution in [0.1, 0.15) is 45.4 Å². The van der Waals surface area contributed by atoms with Crippen molar-refractivity contribution in [3.63, 3.8) is 0 Å². The van der Waals surface area contributed by atoms with Crippen LogP contribution in [0, 0.1) is 11.8 Å². The van der Waals surface area contributed by atoms with E-state index in [9.17, 15) is 0 Å². The summed E-state index contributed by atoms with van der Waals surface area (Å²) in [6, 6.07) is 0.564. The Labute approximate surface area is 139 Å². The molecule has 0 radical (unpaired) electrons. The first-order chi connectivity index (χ1) is 11.2. The number of ether oxygens (including phenoxy) is 4. The predicted octanol–water partition coefficient (Wildman–Crippen LogP) is 2.39. The summed E-state index contributed by atoms with van der Waals surface area (Å²) in [4.78, 5) is 2.46. The summed E-state index contributed by atoms with van der Waals surface area (Å²) in [5, 5.41) is 0. The van der Waals surface area contributed by atoms with Crippen LogP contribution in [-0.4, -0.2) is 62.5 Å². The summed E-state index contributed by atoms with van der Waals surface area (Å²) in [5.41, 5.74) is 0. The lowest BCUT2D eigenvalue weighted by molar-refractivity contribution is 0.0380. The zero-order valence-corrected chi connectivity index (χ0v) is 14.5. The molecule has 3 heterocycles. The largest absolute Gasteiger partial charge is 0.381 e. The molecule has 4 aliphatic rings. The Kier molecular flexibility index (Phi) is 4.93. The van der Waals surface area contributed by atoms with E-state index in [1.807, 2.05) is 0 Å². The maximum Gasteiger partial charge on any atom is 0.147 e. The van der Waals surface area contributed by atoms with Crippen LogP contribution in [0.3, 0.4) is 0 Å². The molecule has 4 rings (SSSR count). The van der Waals surface area contributed by atoms with Crippen molar-refractivity contribution in [3.8, 4) is 0 Å². The average molecular weight is 325 g/mol. The minimum Gasteiger partial charge on any atom is -0.381 e. The van der Waals surface area contributed by atoms with E-state index < -0.39 is 0 Å². The zero-order chi connectivity index (χ0) is 15.8. The Morgan fingerprint density at radius 2 is 1.83 bits per heavy atom. The van der Waals surface area contributed by atoms with Crippen LogP contribution in [0.4, 0.5) is 0 Å². The second kappa shape index (κ2) is 6.96. The van der Waals surface area contributed by atoms with Crippen LogP contribution in [0.2, 0.25) is 0 Å². The molecule has 1 saturated carbocycles. The fourth-order valence-electron chi connectivity index (χ4n) is 4.71. The van der Waals surface area contributed by atoms with E-state index in [4.69, 9.17) is 18.9 Å². The summed E-state index contributed by atoms with van der Waals surface area (Å²) in [7, 11) is 2.23. The topological polar surface area (TPSA) is 43.5 Å². The number of likely N-dealkylation sites (N-methyl/N-ethyl adjacent to an activating group) is 1. The van der Waals surface area contributed by atoms with E-state index in [-0.39, 0.29) is 0 Å². The molecule has 4 fully saturated rings. The molecule has 5 nitrogen and oxygen atoms in total. The van der Waals surface area contributed by atoms with Crippen molar-refractivity contribution in [1.29, 1.82) is 0 Å². The van der Waals surface area contributed by atoms with Crippen molar-refractivity contribution in [2.75, 3.05) is 27.1 Å². The fraction of sp³-hybridized carbons (Fsp3) is 1.00. The third-order valence-corrected chi connectivity index (χ3v) is 6.41. The first-order valence-electron chi connectivity index (χ1n) is 9.40. The predicted molar refractivity (Wildman–Crippen MR) is 86.0 cm³/mol. The van der Waals surface area contributed by atoms with Crippen molar-refractivity contribution in [3.05, 3.63) is 0 Å². The third-order valence-electron chi connectivity index (χ3n) is 6.41. The number of hydrogen-bond acceptors (Lipinski definition) is 5. The molecule has 0 aromatic rings. The van der Waals surface area contributed by atoms with Gasteiger partial charge in [-0.3, -0.25) is 4.90 Å². The van der Waals surface area contributed by atoms with Crippen molar-refractivity contribution in [2.24, 2.45) is 11.8 Å². The van der Waals surface area contributed by atoms with Gasteiger partial charge >= 0.3 is 0 Å². The van der Waals surface area contributed by atoms with E-state index in [2.05, 4.69) is 18.9 Å². The maximum atomic E-state index is 6.02. The van der Waals surface area contributed by atoms with Crippen LogP contribution in [0.5, 0.6) is 0 Å². The summed E-state index contributed by atoms with van der Waals surface area (Å²) in [6.45, 7) is 4.66. The summed E-state index contributed by atoms with van der Waals surface area (Å²) >= 11 is 0. The average Bonchev–Trinajstić information content (AvgIpc) is 3.25. The lowest BCUT2D eigenvalue weighted by Crippen LogP contribution is -2.38. The molecule has 3 saturated heterocycles. The second-order valence-corrected chi connectivity index (χ2v) is 7.90. The quantitative estimate of drug-likeness (QED) is 0.726. The van der Waals surface area contributed by atoms with Gasteiger partial charge < -0.3 is 18.9 Å². The Bertz CT molecular complexity index is 400. The van der Waals surface area contributed by atoms with Gasteiger partial charge in [0, 0.05) is 19.3 Å². The second-order valence-electron chi connectivity index (χ2n) is 7.90. The minimum absolute atomic E-state index is 0.329. The Hall–Kier alpha value is -0.200. The number of epoxide rings is 1. The van der Waals surface area contributed by atoms with Gasteiger partial charge in [-0.25, -0.2) is 0 Å². The zero-order valence-electron chi connectivity index (χ0n) is 14.5. The van der Waals surface area contributed by atoms with Crippen molar-refractivity contribution in [1.82, 2.24) is 4.90 Å². The highest BCUT2D eigenvalue weighted by Crippen LogP contribution is 2.39. The lowest BCUT2D eigenvalue weighted by Gasteiger charge is -2.33. The van der Waals surface area contributed by atoms with Gasteiger partial charge in [0.15, 0.2) is 0 Å². The molecule has 1 aliphatic carbocycles. The number of nitrogens with zero attached hydrogens (tertiary/aromatic N) is 1. The van der Waals surface area contributed by atoms with Crippen molar-refractivity contribution >= 4 is 0 Å². The number of fused-ring (bicyclic) bond motifs is 1. The van der Waals surface area contributed by atoms with Gasteiger partial charge in [0.1, 0.15) is 19.1 Å². The standard InChI is InChI=1S/C18H31NO4/c1-12(9-13-3-4-15-16(10-13)22-11-21-15)19(2)18-17(23-18)14-5-7-20-8-6-14/h12-18H,3-11H2,1-2H3. The molecule has 0 aromatic heterocycles. The smallest absolute Gasteiger partial charge is 0.147 e. The van der Waals surface area contributed by atoms with Gasteiger partial charge in [-0.1, -0.05) is 0 Å². The summed E-state index contributed by atoms with van der Waals surface area (Å²) < 4.78 is 22.8. The first kappa shape index (κ1) is 16.3. The van der Waals surface area contributed by atoms with Crippen LogP contribution in [-0.2, 0) is 18.9 Å². The van der Waals surface area contributed by atoms with Gasteiger partial charge in [0.05, 0.1) is 12.2 Å². The molecule has 0 bridgehead atoms. The van der Waals surface area contributed by atoms with Gasteiger partial charge in [-0.2, -0.15) is 0 Å². The molecule has 5 heteroatoms. The third kappa shape index (κ3) is 3.59. The van der Waals surface area contributed by atoms with Crippen molar-refractivity contribution in [2.45, 2.75) is 76.0 Å². The maximum absolute atomic E-state index is 6.02. The van der Waals surface area contributed by atoms with Crippen LogP contribution in [0.25, 0.3) is 0 Å². The molecule has 6 atom stereocenters. The van der Waals surface area contributed by atoms with E-state index in [0.29, 0.717) is 43.3 Å². The molecular formula is C18H31NO4. The highest BCUT2D eigenvalue weighted by molar-refractivity contribution is 4.93. The molecule has 0 amide bonds. The fourth-order valence-corrected chi connectivity index (χ4v) is 4.71. The van der Waals surface area contributed by atoms with E-state index >= 15 is 0 Å². The van der Waals surface area contributed by atoms with Gasteiger partial charge in [-0.15, -0.1) is 0 Å². The van der Waals surface area contributed by atoms with Crippen LogP contribution < -0.4 is 0 Å². The van der Waals surface area contributed by atoms with E-state index in [1.165, 1.54) is 12.8 Å². The normalized spacial score (nSPS) is 42.7. The Balaban J connectivity index is 1.24. The van der Waals surface area contributed by atoms with Gasteiger partial charge in [0.25, 0.3) is 0 Å². The van der Waals surface area contributed by atoms with Crippen LogP contribution >= 0.6 is 0 Å². The SMILES string of the molecule is CC(CC1CCC2OCOC2C1)N(C)C1OC1C1CCOCC1.